The molecule has 0 radical (unpaired) electrons. The van der Waals surface area contributed by atoms with Crippen LogP contribution in [0.4, 0.5) is 4.39 Å². The van der Waals surface area contributed by atoms with Crippen molar-refractivity contribution >= 4 is 17.4 Å². The molecule has 7 heteroatoms. The number of aryl methyl sites for hydroxylation is 1. The molecule has 5 nitrogen and oxygen atoms in total. The van der Waals surface area contributed by atoms with Gasteiger partial charge in [0, 0.05) is 33.8 Å². The summed E-state index contributed by atoms with van der Waals surface area (Å²) < 4.78 is 15.3. The van der Waals surface area contributed by atoms with Crippen LogP contribution in [0.25, 0.3) is 0 Å². The molecular weight excluding hydrogens is 429 g/mol. The summed E-state index contributed by atoms with van der Waals surface area (Å²) in [5.74, 6) is -0.729. The van der Waals surface area contributed by atoms with Crippen LogP contribution in [0, 0.1) is 12.7 Å². The number of nitrogens with one attached hydrogen (secondary N) is 1. The fraction of sp³-hybridized carbons (Fsp3) is 0.160. The van der Waals surface area contributed by atoms with Gasteiger partial charge in [-0.3, -0.25) is 9.59 Å². The highest BCUT2D eigenvalue weighted by molar-refractivity contribution is 6.30. The largest absolute Gasteiger partial charge is 0.355 e. The minimum Gasteiger partial charge on any atom is -0.355 e. The lowest BCUT2D eigenvalue weighted by atomic mass is 10.0. The number of hydrogen-bond acceptors (Lipinski definition) is 3. The highest BCUT2D eigenvalue weighted by Gasteiger charge is 2.20. The number of H-pyrrole nitrogens is 1. The van der Waals surface area contributed by atoms with E-state index in [9.17, 15) is 14.0 Å². The van der Waals surface area contributed by atoms with E-state index >= 15 is 0 Å². The fourth-order valence-corrected chi connectivity index (χ4v) is 3.68. The van der Waals surface area contributed by atoms with Crippen molar-refractivity contribution in [1.82, 2.24) is 14.8 Å². The fourth-order valence-electron chi connectivity index (χ4n) is 3.56. The SMILES string of the molecule is Cc1cc(C(C)c2ccc(=O)n(Cc3ccccc3F)n2)[nH]c1C(=O)c1ccc(Cl)cc1. The van der Waals surface area contributed by atoms with Gasteiger partial charge in [-0.1, -0.05) is 36.7 Å². The number of ketones is 1. The lowest BCUT2D eigenvalue weighted by molar-refractivity contribution is 0.103. The average Bonchev–Trinajstić information content (AvgIpc) is 3.18. The Hall–Kier alpha value is -3.51. The van der Waals surface area contributed by atoms with Crippen LogP contribution < -0.4 is 5.56 Å². The van der Waals surface area contributed by atoms with Gasteiger partial charge < -0.3 is 4.98 Å². The number of carbonyl (C=O) groups is 1. The van der Waals surface area contributed by atoms with Crippen molar-refractivity contribution in [2.75, 3.05) is 0 Å². The topological polar surface area (TPSA) is 67.8 Å². The van der Waals surface area contributed by atoms with E-state index < -0.39 is 0 Å². The van der Waals surface area contributed by atoms with Gasteiger partial charge in [0.1, 0.15) is 5.82 Å². The van der Waals surface area contributed by atoms with Crippen molar-refractivity contribution in [3.8, 4) is 0 Å². The first-order chi connectivity index (χ1) is 15.3. The van der Waals surface area contributed by atoms with Crippen LogP contribution in [-0.4, -0.2) is 20.5 Å². The van der Waals surface area contributed by atoms with Crippen molar-refractivity contribution in [3.63, 3.8) is 0 Å². The number of aromatic amines is 1. The number of benzene rings is 2. The zero-order valence-corrected chi connectivity index (χ0v) is 18.4. The van der Waals surface area contributed by atoms with Crippen LogP contribution in [0.15, 0.2) is 71.5 Å². The van der Waals surface area contributed by atoms with E-state index in [2.05, 4.69) is 10.1 Å². The first-order valence-electron chi connectivity index (χ1n) is 10.1. The quantitative estimate of drug-likeness (QED) is 0.416. The third kappa shape index (κ3) is 4.41. The molecule has 0 aliphatic heterocycles. The Kier molecular flexibility index (Phi) is 6.06. The monoisotopic (exact) mass is 449 g/mol. The van der Waals surface area contributed by atoms with E-state index in [0.717, 1.165) is 11.3 Å². The van der Waals surface area contributed by atoms with Gasteiger partial charge in [0.05, 0.1) is 17.9 Å². The molecule has 0 saturated carbocycles. The Balaban J connectivity index is 1.62. The van der Waals surface area contributed by atoms with Crippen molar-refractivity contribution in [2.45, 2.75) is 26.3 Å². The van der Waals surface area contributed by atoms with Gasteiger partial charge in [-0.05, 0) is 55.0 Å². The Bertz CT molecular complexity index is 1340. The predicted octanol–water partition coefficient (Wildman–Crippen LogP) is 5.10. The Labute approximate surface area is 189 Å². The van der Waals surface area contributed by atoms with Gasteiger partial charge in [-0.25, -0.2) is 9.07 Å². The molecular formula is C25H21ClFN3O2. The van der Waals surface area contributed by atoms with E-state index in [-0.39, 0.29) is 29.6 Å². The second-order valence-electron chi connectivity index (χ2n) is 7.69. The first kappa shape index (κ1) is 21.7. The lowest BCUT2D eigenvalue weighted by Gasteiger charge is -2.12. The molecule has 4 rings (SSSR count). The standard InChI is InChI=1S/C25H21ClFN3O2/c1-15-13-22(28-24(15)25(32)17-7-9-19(26)10-8-17)16(2)21-11-12-23(31)30(29-21)14-18-5-3-4-6-20(18)27/h3-13,16,28H,14H2,1-2H3. The molecule has 32 heavy (non-hydrogen) atoms. The molecule has 2 aromatic heterocycles. The van der Waals surface area contributed by atoms with Gasteiger partial charge in [-0.15, -0.1) is 0 Å². The molecule has 0 fully saturated rings. The molecule has 1 N–H and O–H groups in total. The first-order valence-corrected chi connectivity index (χ1v) is 10.5. The van der Waals surface area contributed by atoms with Crippen molar-refractivity contribution in [3.05, 3.63) is 122 Å². The number of halogens is 2. The van der Waals surface area contributed by atoms with E-state index in [1.54, 1.807) is 48.5 Å². The Morgan fingerprint density at radius 1 is 1.12 bits per heavy atom. The van der Waals surface area contributed by atoms with Gasteiger partial charge in [0.25, 0.3) is 5.56 Å². The Morgan fingerprint density at radius 2 is 1.84 bits per heavy atom. The second kappa shape index (κ2) is 8.93. The van der Waals surface area contributed by atoms with Crippen LogP contribution in [0.2, 0.25) is 5.02 Å². The smallest absolute Gasteiger partial charge is 0.267 e. The molecule has 0 aliphatic carbocycles. The van der Waals surface area contributed by atoms with E-state index in [0.29, 0.717) is 27.5 Å². The summed E-state index contributed by atoms with van der Waals surface area (Å²) in [4.78, 5) is 28.4. The van der Waals surface area contributed by atoms with Gasteiger partial charge >= 0.3 is 0 Å². The van der Waals surface area contributed by atoms with Crippen LogP contribution >= 0.6 is 11.6 Å². The number of nitrogens with zero attached hydrogens (tertiary/aromatic N) is 2. The summed E-state index contributed by atoms with van der Waals surface area (Å²) in [5, 5.41) is 5.02. The zero-order valence-electron chi connectivity index (χ0n) is 17.6. The summed E-state index contributed by atoms with van der Waals surface area (Å²) in [7, 11) is 0. The summed E-state index contributed by atoms with van der Waals surface area (Å²) >= 11 is 5.92. The van der Waals surface area contributed by atoms with Gasteiger partial charge in [0.15, 0.2) is 0 Å². The lowest BCUT2D eigenvalue weighted by Crippen LogP contribution is -2.24. The average molecular weight is 450 g/mol. The van der Waals surface area contributed by atoms with E-state index in [1.165, 1.54) is 16.8 Å². The van der Waals surface area contributed by atoms with E-state index in [4.69, 9.17) is 11.6 Å². The number of rotatable bonds is 6. The molecule has 162 valence electrons. The number of carbonyl (C=O) groups excluding carboxylic acids is 1. The van der Waals surface area contributed by atoms with Crippen LogP contribution in [0.3, 0.4) is 0 Å². The van der Waals surface area contributed by atoms with Crippen molar-refractivity contribution in [1.29, 1.82) is 0 Å². The molecule has 0 spiro atoms. The van der Waals surface area contributed by atoms with Crippen molar-refractivity contribution < 1.29 is 9.18 Å². The molecule has 2 heterocycles. The maximum Gasteiger partial charge on any atom is 0.267 e. The highest BCUT2D eigenvalue weighted by atomic mass is 35.5. The van der Waals surface area contributed by atoms with Crippen LogP contribution in [0.1, 0.15) is 51.4 Å². The maximum absolute atomic E-state index is 14.0. The molecule has 4 aromatic rings. The number of hydrogen-bond donors (Lipinski definition) is 1. The van der Waals surface area contributed by atoms with E-state index in [1.807, 2.05) is 19.9 Å². The van der Waals surface area contributed by atoms with Crippen LogP contribution in [-0.2, 0) is 6.54 Å². The van der Waals surface area contributed by atoms with Crippen molar-refractivity contribution in [2.24, 2.45) is 0 Å². The maximum atomic E-state index is 14.0. The second-order valence-corrected chi connectivity index (χ2v) is 8.12. The highest BCUT2D eigenvalue weighted by Crippen LogP contribution is 2.25. The molecule has 2 aromatic carbocycles. The molecule has 1 atom stereocenters. The van der Waals surface area contributed by atoms with Gasteiger partial charge in [0.2, 0.25) is 5.78 Å². The van der Waals surface area contributed by atoms with Crippen LogP contribution in [0.5, 0.6) is 0 Å². The molecule has 0 saturated heterocycles. The Morgan fingerprint density at radius 3 is 2.56 bits per heavy atom. The third-order valence-corrected chi connectivity index (χ3v) is 5.70. The minimum absolute atomic E-state index is 0.0378. The molecule has 1 unspecified atom stereocenters. The zero-order chi connectivity index (χ0) is 22.8. The minimum atomic E-state index is -0.384. The predicted molar refractivity (Wildman–Crippen MR) is 122 cm³/mol. The molecule has 0 aliphatic rings. The number of aromatic nitrogens is 3. The normalized spacial score (nSPS) is 12.0. The summed E-state index contributed by atoms with van der Waals surface area (Å²) in [6.07, 6.45) is 0. The summed E-state index contributed by atoms with van der Waals surface area (Å²) in [6.45, 7) is 3.83. The van der Waals surface area contributed by atoms with Gasteiger partial charge in [-0.2, -0.15) is 5.10 Å². The summed E-state index contributed by atoms with van der Waals surface area (Å²) in [6, 6.07) is 18.0. The molecule has 0 amide bonds. The molecule has 0 bridgehead atoms. The summed E-state index contributed by atoms with van der Waals surface area (Å²) in [5.41, 5.74) is 3.34. The third-order valence-electron chi connectivity index (χ3n) is 5.44.